The molecule has 2 aromatic rings. The highest BCUT2D eigenvalue weighted by Crippen LogP contribution is 2.25. The lowest BCUT2D eigenvalue weighted by Crippen LogP contribution is -2.42. The van der Waals surface area contributed by atoms with E-state index < -0.39 is 36.0 Å². The van der Waals surface area contributed by atoms with Gasteiger partial charge in [0.15, 0.2) is 0 Å². The van der Waals surface area contributed by atoms with Crippen LogP contribution in [0, 0.1) is 5.82 Å². The van der Waals surface area contributed by atoms with E-state index in [4.69, 9.17) is 0 Å². The van der Waals surface area contributed by atoms with Crippen LogP contribution in [0.4, 0.5) is 4.39 Å². The van der Waals surface area contributed by atoms with Gasteiger partial charge in [0.1, 0.15) is 12.4 Å². The number of imide groups is 1. The van der Waals surface area contributed by atoms with Gasteiger partial charge in [-0.1, -0.05) is 28.1 Å². The van der Waals surface area contributed by atoms with E-state index >= 15 is 0 Å². The molecule has 2 N–H and O–H groups in total. The standard InChI is InChI=1S/C19H15BrFN3O4/c20-11-5-6-12-14(9-11)19(28)24(18(12)27)10-16(25)22-7-8-23-17(26)13-3-1-2-4-15(13)21/h1-6,9H,7-8,10H2,(H,22,25)(H,23,26). The predicted molar refractivity (Wildman–Crippen MR) is 101 cm³/mol. The minimum absolute atomic E-state index is 0.0632. The van der Waals surface area contributed by atoms with E-state index in [1.165, 1.54) is 30.3 Å². The van der Waals surface area contributed by atoms with Crippen LogP contribution in [0.25, 0.3) is 0 Å². The Labute approximate surface area is 168 Å². The van der Waals surface area contributed by atoms with Crippen molar-refractivity contribution in [2.45, 2.75) is 0 Å². The van der Waals surface area contributed by atoms with Gasteiger partial charge in [0.05, 0.1) is 16.7 Å². The summed E-state index contributed by atoms with van der Waals surface area (Å²) in [5.74, 6) is -2.85. The van der Waals surface area contributed by atoms with Crippen molar-refractivity contribution in [1.29, 1.82) is 0 Å². The Morgan fingerprint density at radius 2 is 1.64 bits per heavy atom. The van der Waals surface area contributed by atoms with Crippen molar-refractivity contribution in [2.75, 3.05) is 19.6 Å². The number of hydrogen-bond donors (Lipinski definition) is 2. The summed E-state index contributed by atoms with van der Waals surface area (Å²) in [5.41, 5.74) is 0.397. The number of carbonyl (C=O) groups excluding carboxylic acids is 4. The third kappa shape index (κ3) is 4.09. The largest absolute Gasteiger partial charge is 0.353 e. The number of halogens is 2. The summed E-state index contributed by atoms with van der Waals surface area (Å²) in [6, 6.07) is 10.2. The normalized spacial score (nSPS) is 12.7. The number of rotatable bonds is 6. The Bertz CT molecular complexity index is 979. The molecule has 0 atom stereocenters. The van der Waals surface area contributed by atoms with Gasteiger partial charge in [-0.3, -0.25) is 24.1 Å². The summed E-state index contributed by atoms with van der Waals surface area (Å²) in [6.45, 7) is -0.299. The van der Waals surface area contributed by atoms with Crippen LogP contribution in [-0.4, -0.2) is 48.2 Å². The van der Waals surface area contributed by atoms with Gasteiger partial charge in [-0.15, -0.1) is 0 Å². The minimum atomic E-state index is -0.638. The Morgan fingerprint density at radius 3 is 2.39 bits per heavy atom. The first-order valence-electron chi connectivity index (χ1n) is 8.33. The molecule has 0 bridgehead atoms. The van der Waals surface area contributed by atoms with E-state index in [0.29, 0.717) is 4.47 Å². The topological polar surface area (TPSA) is 95.6 Å². The second-order valence-corrected chi connectivity index (χ2v) is 6.89. The number of nitrogens with one attached hydrogen (secondary N) is 2. The van der Waals surface area contributed by atoms with Gasteiger partial charge in [0.2, 0.25) is 5.91 Å². The third-order valence-corrected chi connectivity index (χ3v) is 4.58. The van der Waals surface area contributed by atoms with Crippen LogP contribution in [0.1, 0.15) is 31.1 Å². The molecule has 3 rings (SSSR count). The van der Waals surface area contributed by atoms with E-state index in [2.05, 4.69) is 26.6 Å². The maximum absolute atomic E-state index is 13.5. The molecule has 4 amide bonds. The van der Waals surface area contributed by atoms with Crippen molar-refractivity contribution in [2.24, 2.45) is 0 Å². The molecule has 1 aliphatic heterocycles. The summed E-state index contributed by atoms with van der Waals surface area (Å²) in [6.07, 6.45) is 0. The number of carbonyl (C=O) groups is 4. The van der Waals surface area contributed by atoms with Gasteiger partial charge >= 0.3 is 0 Å². The van der Waals surface area contributed by atoms with Gasteiger partial charge in [0.25, 0.3) is 17.7 Å². The molecule has 0 spiro atoms. The molecule has 0 radical (unpaired) electrons. The molecule has 0 aliphatic carbocycles. The van der Waals surface area contributed by atoms with Crippen LogP contribution < -0.4 is 10.6 Å². The fourth-order valence-corrected chi connectivity index (χ4v) is 3.09. The molecule has 0 fully saturated rings. The molecule has 2 aromatic carbocycles. The number of amides is 4. The molecule has 1 aliphatic rings. The SMILES string of the molecule is O=C(CN1C(=O)c2ccc(Br)cc2C1=O)NCCNC(=O)c1ccccc1F. The molecular formula is C19H15BrFN3O4. The molecular weight excluding hydrogens is 433 g/mol. The van der Waals surface area contributed by atoms with Crippen molar-refractivity contribution in [3.63, 3.8) is 0 Å². The van der Waals surface area contributed by atoms with Gasteiger partial charge in [-0.25, -0.2) is 4.39 Å². The Balaban J connectivity index is 1.48. The summed E-state index contributed by atoms with van der Waals surface area (Å²) in [4.78, 5) is 49.4. The van der Waals surface area contributed by atoms with Crippen molar-refractivity contribution in [3.8, 4) is 0 Å². The molecule has 0 unspecified atom stereocenters. The zero-order valence-electron chi connectivity index (χ0n) is 14.5. The second kappa shape index (κ2) is 8.30. The minimum Gasteiger partial charge on any atom is -0.353 e. The monoisotopic (exact) mass is 447 g/mol. The molecule has 0 saturated carbocycles. The number of nitrogens with zero attached hydrogens (tertiary/aromatic N) is 1. The van der Waals surface area contributed by atoms with E-state index in [9.17, 15) is 23.6 Å². The van der Waals surface area contributed by atoms with Gasteiger partial charge < -0.3 is 10.6 Å². The summed E-state index contributed by atoms with van der Waals surface area (Å²) >= 11 is 3.24. The van der Waals surface area contributed by atoms with Gasteiger partial charge in [-0.05, 0) is 30.3 Å². The lowest BCUT2D eigenvalue weighted by atomic mass is 10.1. The van der Waals surface area contributed by atoms with Crippen LogP contribution in [0.3, 0.4) is 0 Å². The van der Waals surface area contributed by atoms with Crippen molar-refractivity contribution >= 4 is 39.6 Å². The molecule has 1 heterocycles. The van der Waals surface area contributed by atoms with Crippen molar-refractivity contribution in [3.05, 3.63) is 69.4 Å². The Hall–Kier alpha value is -3.07. The van der Waals surface area contributed by atoms with Crippen molar-refractivity contribution in [1.82, 2.24) is 15.5 Å². The average Bonchev–Trinajstić information content (AvgIpc) is 2.90. The van der Waals surface area contributed by atoms with Crippen LogP contribution in [0.15, 0.2) is 46.9 Å². The second-order valence-electron chi connectivity index (χ2n) is 5.97. The Morgan fingerprint density at radius 1 is 0.964 bits per heavy atom. The van der Waals surface area contributed by atoms with Gasteiger partial charge in [-0.2, -0.15) is 0 Å². The van der Waals surface area contributed by atoms with Gasteiger partial charge in [0, 0.05) is 17.6 Å². The van der Waals surface area contributed by atoms with E-state index in [1.54, 1.807) is 12.1 Å². The summed E-state index contributed by atoms with van der Waals surface area (Å²) in [7, 11) is 0. The first-order chi connectivity index (χ1) is 13.4. The zero-order chi connectivity index (χ0) is 20.3. The quantitative estimate of drug-likeness (QED) is 0.520. The number of benzene rings is 2. The molecule has 0 aromatic heterocycles. The molecule has 144 valence electrons. The maximum Gasteiger partial charge on any atom is 0.262 e. The summed E-state index contributed by atoms with van der Waals surface area (Å²) < 4.78 is 14.2. The third-order valence-electron chi connectivity index (χ3n) is 4.09. The molecule has 9 heteroatoms. The first kappa shape index (κ1) is 19.7. The predicted octanol–water partition coefficient (Wildman–Crippen LogP) is 1.73. The van der Waals surface area contributed by atoms with Crippen LogP contribution in [0.2, 0.25) is 0 Å². The van der Waals surface area contributed by atoms with E-state index in [1.807, 2.05) is 0 Å². The highest BCUT2D eigenvalue weighted by molar-refractivity contribution is 9.10. The van der Waals surface area contributed by atoms with Crippen LogP contribution >= 0.6 is 15.9 Å². The van der Waals surface area contributed by atoms with Crippen molar-refractivity contribution < 1.29 is 23.6 Å². The fourth-order valence-electron chi connectivity index (χ4n) is 2.72. The highest BCUT2D eigenvalue weighted by Gasteiger charge is 2.36. The fraction of sp³-hybridized carbons (Fsp3) is 0.158. The molecule has 0 saturated heterocycles. The lowest BCUT2D eigenvalue weighted by molar-refractivity contribution is -0.121. The van der Waals surface area contributed by atoms with E-state index in [-0.39, 0.29) is 29.8 Å². The molecule has 7 nitrogen and oxygen atoms in total. The first-order valence-corrected chi connectivity index (χ1v) is 9.13. The van der Waals surface area contributed by atoms with E-state index in [0.717, 1.165) is 4.90 Å². The Kier molecular flexibility index (Phi) is 5.84. The molecule has 28 heavy (non-hydrogen) atoms. The maximum atomic E-state index is 13.5. The van der Waals surface area contributed by atoms with Crippen LogP contribution in [0.5, 0.6) is 0 Å². The highest BCUT2D eigenvalue weighted by atomic mass is 79.9. The number of hydrogen-bond acceptors (Lipinski definition) is 4. The van der Waals surface area contributed by atoms with Crippen LogP contribution in [-0.2, 0) is 4.79 Å². The zero-order valence-corrected chi connectivity index (χ0v) is 16.1. The summed E-state index contributed by atoms with van der Waals surface area (Å²) in [5, 5.41) is 4.99. The lowest BCUT2D eigenvalue weighted by Gasteiger charge is -2.13. The number of fused-ring (bicyclic) bond motifs is 1. The average molecular weight is 448 g/mol. The smallest absolute Gasteiger partial charge is 0.262 e.